The molecule has 2 aromatic rings. The van der Waals surface area contributed by atoms with Gasteiger partial charge in [0.15, 0.2) is 5.96 Å². The van der Waals surface area contributed by atoms with E-state index < -0.39 is 0 Å². The predicted molar refractivity (Wildman–Crippen MR) is 118 cm³/mol. The van der Waals surface area contributed by atoms with Gasteiger partial charge in [-0.05, 0) is 11.1 Å². The normalized spacial score (nSPS) is 10.7. The maximum Gasteiger partial charge on any atom is 0.241 e. The molecule has 1 amide bonds. The van der Waals surface area contributed by atoms with E-state index in [4.69, 9.17) is 0 Å². The first kappa shape index (κ1) is 22.0. The molecule has 140 valence electrons. The fraction of sp³-hybridized carbons (Fsp3) is 0.300. The number of hydrogen-bond acceptors (Lipinski definition) is 2. The molecule has 0 saturated heterocycles. The van der Waals surface area contributed by atoms with E-state index in [1.165, 1.54) is 5.56 Å². The van der Waals surface area contributed by atoms with Gasteiger partial charge in [-0.15, -0.1) is 24.0 Å². The van der Waals surface area contributed by atoms with Gasteiger partial charge in [0.2, 0.25) is 5.91 Å². The number of nitrogens with zero attached hydrogens (tertiary/aromatic N) is 3. The zero-order valence-corrected chi connectivity index (χ0v) is 17.9. The maximum atomic E-state index is 11.9. The Morgan fingerprint density at radius 2 is 1.46 bits per heavy atom. The SMILES string of the molecule is CN(C)C(=O)CNC(=NCc1ccccc1)N(C)Cc1ccccc1.I. The van der Waals surface area contributed by atoms with E-state index in [-0.39, 0.29) is 36.4 Å². The highest BCUT2D eigenvalue weighted by atomic mass is 127. The van der Waals surface area contributed by atoms with Gasteiger partial charge in [-0.1, -0.05) is 60.7 Å². The fourth-order valence-electron chi connectivity index (χ4n) is 2.31. The quantitative estimate of drug-likeness (QED) is 0.405. The average Bonchev–Trinajstić information content (AvgIpc) is 2.63. The molecule has 0 heterocycles. The molecule has 0 unspecified atom stereocenters. The Morgan fingerprint density at radius 1 is 0.923 bits per heavy atom. The number of guanidine groups is 1. The minimum absolute atomic E-state index is 0. The molecule has 0 aliphatic rings. The average molecular weight is 466 g/mol. The van der Waals surface area contributed by atoms with Gasteiger partial charge in [-0.25, -0.2) is 4.99 Å². The summed E-state index contributed by atoms with van der Waals surface area (Å²) in [5, 5.41) is 3.18. The van der Waals surface area contributed by atoms with Crippen LogP contribution < -0.4 is 5.32 Å². The Balaban J connectivity index is 0.00000338. The summed E-state index contributed by atoms with van der Waals surface area (Å²) in [6.07, 6.45) is 0. The van der Waals surface area contributed by atoms with Crippen molar-refractivity contribution in [2.75, 3.05) is 27.7 Å². The van der Waals surface area contributed by atoms with E-state index in [0.717, 1.165) is 12.1 Å². The Bertz CT molecular complexity index is 689. The number of aliphatic imine (C=N–C) groups is 1. The summed E-state index contributed by atoms with van der Waals surface area (Å²) < 4.78 is 0. The van der Waals surface area contributed by atoms with Crippen LogP contribution in [0.1, 0.15) is 11.1 Å². The Kier molecular flexibility index (Phi) is 9.72. The van der Waals surface area contributed by atoms with Crippen molar-refractivity contribution < 1.29 is 4.79 Å². The number of hydrogen-bond donors (Lipinski definition) is 1. The van der Waals surface area contributed by atoms with Crippen molar-refractivity contribution in [1.82, 2.24) is 15.1 Å². The van der Waals surface area contributed by atoms with Crippen LogP contribution in [0.3, 0.4) is 0 Å². The number of benzene rings is 2. The lowest BCUT2D eigenvalue weighted by Crippen LogP contribution is -2.43. The Hall–Kier alpha value is -2.09. The van der Waals surface area contributed by atoms with E-state index >= 15 is 0 Å². The Morgan fingerprint density at radius 3 is 2.00 bits per heavy atom. The van der Waals surface area contributed by atoms with Crippen LogP contribution >= 0.6 is 24.0 Å². The van der Waals surface area contributed by atoms with Crippen LogP contribution in [0, 0.1) is 0 Å². The minimum Gasteiger partial charge on any atom is -0.347 e. The number of carbonyl (C=O) groups excluding carboxylic acids is 1. The number of likely N-dealkylation sites (N-methyl/N-ethyl adjacent to an activating group) is 1. The van der Waals surface area contributed by atoms with Gasteiger partial charge in [-0.2, -0.15) is 0 Å². The molecule has 2 aromatic carbocycles. The van der Waals surface area contributed by atoms with E-state index in [0.29, 0.717) is 12.5 Å². The van der Waals surface area contributed by atoms with Crippen LogP contribution in [-0.2, 0) is 17.9 Å². The van der Waals surface area contributed by atoms with Crippen LogP contribution in [0.5, 0.6) is 0 Å². The largest absolute Gasteiger partial charge is 0.347 e. The molecule has 1 N–H and O–H groups in total. The van der Waals surface area contributed by atoms with Crippen molar-refractivity contribution in [3.8, 4) is 0 Å². The Labute approximate surface area is 173 Å². The van der Waals surface area contributed by atoms with Crippen molar-refractivity contribution in [1.29, 1.82) is 0 Å². The van der Waals surface area contributed by atoms with Crippen LogP contribution in [0.4, 0.5) is 0 Å². The summed E-state index contributed by atoms with van der Waals surface area (Å²) in [5.74, 6) is 0.725. The van der Waals surface area contributed by atoms with Crippen molar-refractivity contribution in [2.24, 2.45) is 4.99 Å². The molecule has 0 fully saturated rings. The third-order valence-corrected chi connectivity index (χ3v) is 3.77. The van der Waals surface area contributed by atoms with Gasteiger partial charge in [0.25, 0.3) is 0 Å². The van der Waals surface area contributed by atoms with Crippen LogP contribution in [-0.4, -0.2) is 49.4 Å². The highest BCUT2D eigenvalue weighted by molar-refractivity contribution is 14.0. The van der Waals surface area contributed by atoms with E-state index in [1.54, 1.807) is 19.0 Å². The van der Waals surface area contributed by atoms with Gasteiger partial charge in [-0.3, -0.25) is 4.79 Å². The van der Waals surface area contributed by atoms with Crippen LogP contribution in [0.15, 0.2) is 65.7 Å². The van der Waals surface area contributed by atoms with Gasteiger partial charge in [0.1, 0.15) is 0 Å². The van der Waals surface area contributed by atoms with E-state index in [2.05, 4.69) is 22.4 Å². The summed E-state index contributed by atoms with van der Waals surface area (Å²) in [7, 11) is 5.47. The van der Waals surface area contributed by atoms with Gasteiger partial charge < -0.3 is 15.1 Å². The van der Waals surface area contributed by atoms with Crippen molar-refractivity contribution in [2.45, 2.75) is 13.1 Å². The summed E-state index contributed by atoms with van der Waals surface area (Å²) >= 11 is 0. The van der Waals surface area contributed by atoms with Gasteiger partial charge in [0.05, 0.1) is 13.1 Å². The lowest BCUT2D eigenvalue weighted by atomic mass is 10.2. The lowest BCUT2D eigenvalue weighted by molar-refractivity contribution is -0.127. The highest BCUT2D eigenvalue weighted by Crippen LogP contribution is 2.05. The molecule has 0 saturated carbocycles. The van der Waals surface area contributed by atoms with Gasteiger partial charge >= 0.3 is 0 Å². The number of nitrogens with one attached hydrogen (secondary N) is 1. The van der Waals surface area contributed by atoms with Crippen molar-refractivity contribution in [3.63, 3.8) is 0 Å². The highest BCUT2D eigenvalue weighted by Gasteiger charge is 2.10. The van der Waals surface area contributed by atoms with E-state index in [9.17, 15) is 4.79 Å². The topological polar surface area (TPSA) is 47.9 Å². The van der Waals surface area contributed by atoms with Gasteiger partial charge in [0, 0.05) is 27.7 Å². The molecule has 0 aliphatic heterocycles. The summed E-state index contributed by atoms with van der Waals surface area (Å²) in [6.45, 7) is 1.51. The minimum atomic E-state index is 0. The summed E-state index contributed by atoms with van der Waals surface area (Å²) in [4.78, 5) is 20.2. The molecule has 0 bridgehead atoms. The molecular weight excluding hydrogens is 439 g/mol. The maximum absolute atomic E-state index is 11.9. The number of carbonyl (C=O) groups is 1. The molecule has 6 heteroatoms. The molecule has 0 spiro atoms. The first-order chi connectivity index (χ1) is 12.1. The molecule has 0 aromatic heterocycles. The second-order valence-electron chi connectivity index (χ2n) is 6.11. The molecule has 0 radical (unpaired) electrons. The molecule has 5 nitrogen and oxygen atoms in total. The number of halogens is 1. The third-order valence-electron chi connectivity index (χ3n) is 3.77. The van der Waals surface area contributed by atoms with Crippen molar-refractivity contribution >= 4 is 35.8 Å². The molecule has 2 rings (SSSR count). The smallest absolute Gasteiger partial charge is 0.241 e. The standard InChI is InChI=1S/C20H26N4O.HI/c1-23(2)19(25)15-22-20(21-14-17-10-6-4-7-11-17)24(3)16-18-12-8-5-9-13-18;/h4-13H,14-16H2,1-3H3,(H,21,22);1H. The molecule has 26 heavy (non-hydrogen) atoms. The third kappa shape index (κ3) is 7.43. The zero-order valence-electron chi connectivity index (χ0n) is 15.6. The fourth-order valence-corrected chi connectivity index (χ4v) is 2.31. The second kappa shape index (κ2) is 11.5. The summed E-state index contributed by atoms with van der Waals surface area (Å²) in [5.41, 5.74) is 2.33. The molecular formula is C20H27IN4O. The van der Waals surface area contributed by atoms with Crippen LogP contribution in [0.25, 0.3) is 0 Å². The second-order valence-corrected chi connectivity index (χ2v) is 6.11. The number of amides is 1. The lowest BCUT2D eigenvalue weighted by Gasteiger charge is -2.23. The summed E-state index contributed by atoms with van der Waals surface area (Å²) in [6, 6.07) is 20.3. The van der Waals surface area contributed by atoms with E-state index in [1.807, 2.05) is 60.5 Å². The monoisotopic (exact) mass is 466 g/mol. The first-order valence-electron chi connectivity index (χ1n) is 8.33. The zero-order chi connectivity index (χ0) is 18.1. The number of rotatable bonds is 6. The van der Waals surface area contributed by atoms with Crippen LogP contribution in [0.2, 0.25) is 0 Å². The molecule has 0 atom stereocenters. The van der Waals surface area contributed by atoms with Crippen molar-refractivity contribution in [3.05, 3.63) is 71.8 Å². The first-order valence-corrected chi connectivity index (χ1v) is 8.33. The molecule has 0 aliphatic carbocycles. The predicted octanol–water partition coefficient (Wildman–Crippen LogP) is 2.97.